The van der Waals surface area contributed by atoms with Gasteiger partial charge in [0.1, 0.15) is 5.75 Å². The second-order valence-electron chi connectivity index (χ2n) is 6.34. The van der Waals surface area contributed by atoms with Gasteiger partial charge in [-0.15, -0.1) is 0 Å². The maximum Gasteiger partial charge on any atom is 0.218 e. The van der Waals surface area contributed by atoms with Crippen LogP contribution in [0, 0.1) is 6.92 Å². The summed E-state index contributed by atoms with van der Waals surface area (Å²) in [5.41, 5.74) is 4.19. The smallest absolute Gasteiger partial charge is 0.218 e. The first kappa shape index (κ1) is 17.0. The van der Waals surface area contributed by atoms with E-state index < -0.39 is 10.0 Å². The summed E-state index contributed by atoms with van der Waals surface area (Å²) >= 11 is 0. The second-order valence-corrected chi connectivity index (χ2v) is 8.26. The maximum absolute atomic E-state index is 12.9. The Hall–Kier alpha value is -1.85. The molecule has 1 aliphatic rings. The minimum absolute atomic E-state index is 0.0448. The molecule has 4 nitrogen and oxygen atoms in total. The van der Waals surface area contributed by atoms with Crippen LogP contribution in [0.1, 0.15) is 35.2 Å². The molecule has 0 aromatic heterocycles. The molecule has 128 valence electrons. The van der Waals surface area contributed by atoms with Crippen molar-refractivity contribution in [2.75, 3.05) is 13.7 Å². The molecule has 1 aliphatic heterocycles. The van der Waals surface area contributed by atoms with E-state index in [1.54, 1.807) is 11.4 Å². The molecular formula is C19H23NO3S. The third kappa shape index (κ3) is 3.32. The van der Waals surface area contributed by atoms with Crippen molar-refractivity contribution in [2.24, 2.45) is 0 Å². The van der Waals surface area contributed by atoms with E-state index in [2.05, 4.69) is 0 Å². The van der Waals surface area contributed by atoms with Gasteiger partial charge in [0.25, 0.3) is 0 Å². The average Bonchev–Trinajstić information content (AvgIpc) is 2.56. The number of fused-ring (bicyclic) bond motifs is 1. The van der Waals surface area contributed by atoms with Gasteiger partial charge < -0.3 is 4.74 Å². The van der Waals surface area contributed by atoms with E-state index in [1.165, 1.54) is 5.56 Å². The Labute approximate surface area is 144 Å². The molecule has 0 bridgehead atoms. The number of rotatable bonds is 4. The van der Waals surface area contributed by atoms with Gasteiger partial charge in [-0.05, 0) is 49.1 Å². The predicted octanol–water partition coefficient (Wildman–Crippen LogP) is 3.45. The van der Waals surface area contributed by atoms with Crippen LogP contribution in [0.5, 0.6) is 5.75 Å². The molecule has 5 heteroatoms. The summed E-state index contributed by atoms with van der Waals surface area (Å²) in [5, 5.41) is 0. The number of sulfonamides is 1. The van der Waals surface area contributed by atoms with Crippen molar-refractivity contribution < 1.29 is 13.2 Å². The molecule has 0 aliphatic carbocycles. The first-order valence-corrected chi connectivity index (χ1v) is 9.73. The third-order valence-corrected chi connectivity index (χ3v) is 6.57. The van der Waals surface area contributed by atoms with Crippen LogP contribution in [-0.2, 0) is 22.2 Å². The lowest BCUT2D eigenvalue weighted by Gasteiger charge is -2.34. The number of methoxy groups -OCH3 is 1. The summed E-state index contributed by atoms with van der Waals surface area (Å²) in [7, 11) is -1.71. The average molecular weight is 345 g/mol. The number of hydrogen-bond donors (Lipinski definition) is 0. The number of ether oxygens (including phenoxy) is 1. The van der Waals surface area contributed by atoms with Crippen molar-refractivity contribution in [2.45, 2.75) is 32.1 Å². The molecule has 1 heterocycles. The Morgan fingerprint density at radius 3 is 2.54 bits per heavy atom. The minimum Gasteiger partial charge on any atom is -0.497 e. The third-order valence-electron chi connectivity index (χ3n) is 4.66. The van der Waals surface area contributed by atoms with E-state index in [4.69, 9.17) is 4.74 Å². The molecule has 24 heavy (non-hydrogen) atoms. The summed E-state index contributed by atoms with van der Waals surface area (Å²) in [6.45, 7) is 4.46. The quantitative estimate of drug-likeness (QED) is 0.853. The molecule has 2 aromatic rings. The van der Waals surface area contributed by atoms with Gasteiger partial charge in [-0.3, -0.25) is 0 Å². The highest BCUT2D eigenvalue weighted by Crippen LogP contribution is 2.34. The predicted molar refractivity (Wildman–Crippen MR) is 95.6 cm³/mol. The Morgan fingerprint density at radius 1 is 1.17 bits per heavy atom. The molecule has 3 rings (SSSR count). The van der Waals surface area contributed by atoms with Gasteiger partial charge in [0.2, 0.25) is 10.0 Å². The van der Waals surface area contributed by atoms with Crippen LogP contribution in [0.25, 0.3) is 0 Å². The van der Waals surface area contributed by atoms with E-state index in [-0.39, 0.29) is 11.8 Å². The van der Waals surface area contributed by atoms with Gasteiger partial charge >= 0.3 is 0 Å². The fraction of sp³-hybridized carbons (Fsp3) is 0.368. The van der Waals surface area contributed by atoms with Gasteiger partial charge in [-0.2, -0.15) is 4.31 Å². The van der Waals surface area contributed by atoms with E-state index in [1.807, 2.05) is 56.3 Å². The maximum atomic E-state index is 12.9. The SMILES string of the molecule is COc1ccc2c(c1)CCN(S(=O)(=O)Cc1ccc(C)cc1)C2C. The van der Waals surface area contributed by atoms with E-state index in [0.717, 1.165) is 22.4 Å². The van der Waals surface area contributed by atoms with Crippen LogP contribution in [-0.4, -0.2) is 26.4 Å². The monoisotopic (exact) mass is 345 g/mol. The number of hydrogen-bond acceptors (Lipinski definition) is 3. The summed E-state index contributed by atoms with van der Waals surface area (Å²) in [6, 6.07) is 13.4. The van der Waals surface area contributed by atoms with Crippen molar-refractivity contribution in [3.63, 3.8) is 0 Å². The fourth-order valence-electron chi connectivity index (χ4n) is 3.27. The fourth-order valence-corrected chi connectivity index (χ4v) is 5.01. The second kappa shape index (κ2) is 6.57. The molecule has 0 fully saturated rings. The largest absolute Gasteiger partial charge is 0.497 e. The molecule has 0 saturated carbocycles. The lowest BCUT2D eigenvalue weighted by molar-refractivity contribution is 0.325. The minimum atomic E-state index is -3.35. The molecule has 0 amide bonds. The van der Waals surface area contributed by atoms with Crippen molar-refractivity contribution in [1.82, 2.24) is 4.31 Å². The van der Waals surface area contributed by atoms with Crippen LogP contribution < -0.4 is 4.74 Å². The van der Waals surface area contributed by atoms with Crippen molar-refractivity contribution in [3.8, 4) is 5.75 Å². The van der Waals surface area contributed by atoms with Gasteiger partial charge in [0.05, 0.1) is 12.9 Å². The Bertz CT molecular complexity index is 828. The van der Waals surface area contributed by atoms with Gasteiger partial charge in [-0.25, -0.2) is 8.42 Å². The van der Waals surface area contributed by atoms with E-state index in [0.29, 0.717) is 13.0 Å². The lowest BCUT2D eigenvalue weighted by Crippen LogP contribution is -2.39. The normalized spacial score (nSPS) is 18.2. The van der Waals surface area contributed by atoms with Gasteiger partial charge in [0.15, 0.2) is 0 Å². The van der Waals surface area contributed by atoms with Crippen LogP contribution in [0.2, 0.25) is 0 Å². The topological polar surface area (TPSA) is 46.6 Å². The summed E-state index contributed by atoms with van der Waals surface area (Å²) in [6.07, 6.45) is 0.712. The standard InChI is InChI=1S/C19H23NO3S/c1-14-4-6-16(7-5-14)13-24(21,22)20-11-10-17-12-18(23-3)8-9-19(17)15(20)2/h4-9,12,15H,10-11,13H2,1-3H3. The van der Waals surface area contributed by atoms with Crippen LogP contribution in [0.3, 0.4) is 0 Å². The van der Waals surface area contributed by atoms with E-state index in [9.17, 15) is 8.42 Å². The Balaban J connectivity index is 1.85. The highest BCUT2D eigenvalue weighted by atomic mass is 32.2. The zero-order valence-corrected chi connectivity index (χ0v) is 15.1. The van der Waals surface area contributed by atoms with Gasteiger partial charge in [-0.1, -0.05) is 35.9 Å². The summed E-state index contributed by atoms with van der Waals surface area (Å²) in [5.74, 6) is 0.861. The Kier molecular flexibility index (Phi) is 4.65. The molecule has 0 spiro atoms. The highest BCUT2D eigenvalue weighted by Gasteiger charge is 2.32. The van der Waals surface area contributed by atoms with Crippen LogP contribution in [0.15, 0.2) is 42.5 Å². The summed E-state index contributed by atoms with van der Waals surface area (Å²) < 4.78 is 32.7. The molecule has 1 atom stereocenters. The van der Waals surface area contributed by atoms with Crippen LogP contribution in [0.4, 0.5) is 0 Å². The molecule has 0 radical (unpaired) electrons. The first-order valence-electron chi connectivity index (χ1n) is 8.12. The lowest BCUT2D eigenvalue weighted by atomic mass is 9.95. The van der Waals surface area contributed by atoms with Crippen molar-refractivity contribution in [1.29, 1.82) is 0 Å². The molecule has 2 aromatic carbocycles. The van der Waals surface area contributed by atoms with E-state index >= 15 is 0 Å². The highest BCUT2D eigenvalue weighted by molar-refractivity contribution is 7.88. The number of benzene rings is 2. The first-order chi connectivity index (χ1) is 11.4. The molecule has 1 unspecified atom stereocenters. The summed E-state index contributed by atoms with van der Waals surface area (Å²) in [4.78, 5) is 0. The molecular weight excluding hydrogens is 322 g/mol. The zero-order valence-electron chi connectivity index (χ0n) is 14.3. The molecule has 0 saturated heterocycles. The number of nitrogens with zero attached hydrogens (tertiary/aromatic N) is 1. The van der Waals surface area contributed by atoms with Crippen molar-refractivity contribution in [3.05, 3.63) is 64.7 Å². The Morgan fingerprint density at radius 2 is 1.88 bits per heavy atom. The zero-order chi connectivity index (χ0) is 17.3. The van der Waals surface area contributed by atoms with Gasteiger partial charge in [0, 0.05) is 12.6 Å². The number of aryl methyl sites for hydroxylation is 1. The van der Waals surface area contributed by atoms with Crippen LogP contribution >= 0.6 is 0 Å². The molecule has 0 N–H and O–H groups in total. The van der Waals surface area contributed by atoms with Crippen molar-refractivity contribution >= 4 is 10.0 Å².